The molecule has 0 fully saturated rings. The molecule has 0 radical (unpaired) electrons. The molecular formula is C13H16F2N4. The molecule has 0 saturated heterocycles. The van der Waals surface area contributed by atoms with Crippen molar-refractivity contribution in [1.29, 1.82) is 0 Å². The van der Waals surface area contributed by atoms with E-state index in [9.17, 15) is 8.78 Å². The predicted molar refractivity (Wildman–Crippen MR) is 69.5 cm³/mol. The third-order valence-electron chi connectivity index (χ3n) is 2.77. The number of hydrogen-bond donors (Lipinski definition) is 1. The smallest absolute Gasteiger partial charge is 0.160 e. The van der Waals surface area contributed by atoms with E-state index in [-0.39, 0.29) is 11.1 Å². The normalized spacial score (nSPS) is 11.9. The number of rotatable bonds is 1. The number of anilines is 1. The minimum atomic E-state index is -0.973. The maximum atomic E-state index is 13.3. The van der Waals surface area contributed by atoms with E-state index in [4.69, 9.17) is 5.73 Å². The summed E-state index contributed by atoms with van der Waals surface area (Å²) in [4.78, 5) is 4.37. The summed E-state index contributed by atoms with van der Waals surface area (Å²) in [6.07, 6.45) is 0. The fourth-order valence-corrected chi connectivity index (χ4v) is 1.69. The number of benzene rings is 1. The van der Waals surface area contributed by atoms with Gasteiger partial charge in [0.1, 0.15) is 0 Å². The summed E-state index contributed by atoms with van der Waals surface area (Å²) < 4.78 is 27.9. The van der Waals surface area contributed by atoms with Crippen molar-refractivity contribution in [3.8, 4) is 11.4 Å². The van der Waals surface area contributed by atoms with Crippen LogP contribution in [0.25, 0.3) is 11.4 Å². The lowest BCUT2D eigenvalue weighted by molar-refractivity contribution is 0.509. The fraction of sp³-hybridized carbons (Fsp3) is 0.385. The Labute approximate surface area is 110 Å². The SMILES string of the molecule is Cn1nc(C(C)(C)C)nc1-c1cc(F)c(F)cc1N. The molecule has 4 nitrogen and oxygen atoms in total. The highest BCUT2D eigenvalue weighted by Gasteiger charge is 2.22. The molecule has 1 aromatic heterocycles. The van der Waals surface area contributed by atoms with Gasteiger partial charge in [0, 0.05) is 29.8 Å². The van der Waals surface area contributed by atoms with Gasteiger partial charge in [-0.1, -0.05) is 20.8 Å². The van der Waals surface area contributed by atoms with Crippen LogP contribution in [0.1, 0.15) is 26.6 Å². The molecule has 0 aliphatic carbocycles. The van der Waals surface area contributed by atoms with Crippen molar-refractivity contribution < 1.29 is 8.78 Å². The van der Waals surface area contributed by atoms with E-state index in [0.717, 1.165) is 12.1 Å². The predicted octanol–water partition coefficient (Wildman–Crippen LogP) is 2.64. The molecule has 6 heteroatoms. The molecule has 0 aliphatic heterocycles. The third kappa shape index (κ3) is 2.43. The highest BCUT2D eigenvalue weighted by molar-refractivity contribution is 5.71. The number of aryl methyl sites for hydroxylation is 1. The van der Waals surface area contributed by atoms with E-state index in [1.165, 1.54) is 4.68 Å². The van der Waals surface area contributed by atoms with E-state index in [1.54, 1.807) is 7.05 Å². The molecule has 0 atom stereocenters. The van der Waals surface area contributed by atoms with Crippen LogP contribution in [-0.4, -0.2) is 14.8 Å². The maximum absolute atomic E-state index is 13.3. The summed E-state index contributed by atoms with van der Waals surface area (Å²) in [5.74, 6) is -0.889. The summed E-state index contributed by atoms with van der Waals surface area (Å²) in [6.45, 7) is 5.92. The molecule has 2 N–H and O–H groups in total. The average Bonchev–Trinajstić information content (AvgIpc) is 2.65. The van der Waals surface area contributed by atoms with Gasteiger partial charge in [-0.15, -0.1) is 0 Å². The van der Waals surface area contributed by atoms with E-state index in [2.05, 4.69) is 10.1 Å². The average molecular weight is 266 g/mol. The Bertz CT molecular complexity index is 626. The zero-order valence-electron chi connectivity index (χ0n) is 11.3. The zero-order chi connectivity index (χ0) is 14.4. The first-order chi connectivity index (χ1) is 8.70. The number of hydrogen-bond acceptors (Lipinski definition) is 3. The fourth-order valence-electron chi connectivity index (χ4n) is 1.69. The molecule has 19 heavy (non-hydrogen) atoms. The molecule has 0 unspecified atom stereocenters. The van der Waals surface area contributed by atoms with Gasteiger partial charge >= 0.3 is 0 Å². The zero-order valence-corrected chi connectivity index (χ0v) is 11.3. The first-order valence-corrected chi connectivity index (χ1v) is 5.86. The van der Waals surface area contributed by atoms with Gasteiger partial charge in [0.2, 0.25) is 0 Å². The Kier molecular flexibility index (Phi) is 3.04. The second kappa shape index (κ2) is 4.29. The van der Waals surface area contributed by atoms with Crippen LogP contribution in [0.3, 0.4) is 0 Å². The van der Waals surface area contributed by atoms with Crippen molar-refractivity contribution in [3.05, 3.63) is 29.6 Å². The number of halogens is 2. The minimum Gasteiger partial charge on any atom is -0.398 e. The molecule has 0 aliphatic rings. The van der Waals surface area contributed by atoms with Crippen LogP contribution in [0.2, 0.25) is 0 Å². The van der Waals surface area contributed by atoms with Gasteiger partial charge in [-0.3, -0.25) is 0 Å². The Morgan fingerprint density at radius 1 is 1.16 bits per heavy atom. The first kappa shape index (κ1) is 13.5. The lowest BCUT2D eigenvalue weighted by atomic mass is 9.96. The Hall–Kier alpha value is -1.98. The molecule has 0 spiro atoms. The number of aromatic nitrogens is 3. The van der Waals surface area contributed by atoms with Gasteiger partial charge in [-0.2, -0.15) is 5.10 Å². The Morgan fingerprint density at radius 2 is 1.74 bits per heavy atom. The summed E-state index contributed by atoms with van der Waals surface area (Å²) in [7, 11) is 1.69. The van der Waals surface area contributed by atoms with Crippen molar-refractivity contribution in [2.45, 2.75) is 26.2 Å². The lowest BCUT2D eigenvalue weighted by Crippen LogP contribution is -2.13. The standard InChI is InChI=1S/C13H16F2N4/c1-13(2,3)12-17-11(19(4)18-12)7-5-8(14)9(15)6-10(7)16/h5-6H,16H2,1-4H3. The van der Waals surface area contributed by atoms with Crippen molar-refractivity contribution in [2.24, 2.45) is 7.05 Å². The van der Waals surface area contributed by atoms with E-state index in [1.807, 2.05) is 20.8 Å². The van der Waals surface area contributed by atoms with Crippen LogP contribution < -0.4 is 5.73 Å². The van der Waals surface area contributed by atoms with Gasteiger partial charge in [0.25, 0.3) is 0 Å². The monoisotopic (exact) mass is 266 g/mol. The Balaban J connectivity index is 2.60. The summed E-state index contributed by atoms with van der Waals surface area (Å²) in [5, 5.41) is 4.29. The van der Waals surface area contributed by atoms with Crippen molar-refractivity contribution in [3.63, 3.8) is 0 Å². The quantitative estimate of drug-likeness (QED) is 0.807. The number of nitrogens with zero attached hydrogens (tertiary/aromatic N) is 3. The van der Waals surface area contributed by atoms with Crippen LogP contribution in [0.5, 0.6) is 0 Å². The minimum absolute atomic E-state index is 0.134. The molecule has 102 valence electrons. The largest absolute Gasteiger partial charge is 0.398 e. The highest BCUT2D eigenvalue weighted by Crippen LogP contribution is 2.28. The Morgan fingerprint density at radius 3 is 2.26 bits per heavy atom. The van der Waals surface area contributed by atoms with Crippen LogP contribution in [0, 0.1) is 11.6 Å². The van der Waals surface area contributed by atoms with Gasteiger partial charge in [0.05, 0.1) is 0 Å². The van der Waals surface area contributed by atoms with Gasteiger partial charge < -0.3 is 5.73 Å². The van der Waals surface area contributed by atoms with E-state index in [0.29, 0.717) is 17.2 Å². The molecule has 1 heterocycles. The summed E-state index contributed by atoms with van der Waals surface area (Å²) >= 11 is 0. The molecule has 0 bridgehead atoms. The topological polar surface area (TPSA) is 56.7 Å². The molecule has 0 saturated carbocycles. The number of nitrogens with two attached hydrogens (primary N) is 1. The van der Waals surface area contributed by atoms with Crippen molar-refractivity contribution in [1.82, 2.24) is 14.8 Å². The highest BCUT2D eigenvalue weighted by atomic mass is 19.2. The van der Waals surface area contributed by atoms with Crippen LogP contribution in [0.4, 0.5) is 14.5 Å². The second-order valence-corrected chi connectivity index (χ2v) is 5.49. The number of nitrogen functional groups attached to an aromatic ring is 1. The maximum Gasteiger partial charge on any atom is 0.160 e. The molecule has 2 aromatic rings. The van der Waals surface area contributed by atoms with E-state index >= 15 is 0 Å². The van der Waals surface area contributed by atoms with E-state index < -0.39 is 11.6 Å². The van der Waals surface area contributed by atoms with Crippen LogP contribution >= 0.6 is 0 Å². The van der Waals surface area contributed by atoms with Gasteiger partial charge in [-0.05, 0) is 6.07 Å². The van der Waals surface area contributed by atoms with Crippen LogP contribution in [-0.2, 0) is 12.5 Å². The van der Waals surface area contributed by atoms with Crippen molar-refractivity contribution in [2.75, 3.05) is 5.73 Å². The lowest BCUT2D eigenvalue weighted by Gasteiger charge is -2.12. The summed E-state index contributed by atoms with van der Waals surface area (Å²) in [6, 6.07) is 2.00. The second-order valence-electron chi connectivity index (χ2n) is 5.49. The molecule has 2 rings (SSSR count). The molecular weight excluding hydrogens is 250 g/mol. The first-order valence-electron chi connectivity index (χ1n) is 5.86. The van der Waals surface area contributed by atoms with Gasteiger partial charge in [0.15, 0.2) is 23.3 Å². The van der Waals surface area contributed by atoms with Gasteiger partial charge in [-0.25, -0.2) is 18.4 Å². The van der Waals surface area contributed by atoms with Crippen molar-refractivity contribution >= 4 is 5.69 Å². The van der Waals surface area contributed by atoms with Crippen LogP contribution in [0.15, 0.2) is 12.1 Å². The third-order valence-corrected chi connectivity index (χ3v) is 2.77. The molecule has 0 amide bonds. The summed E-state index contributed by atoms with van der Waals surface area (Å²) in [5.41, 5.74) is 5.96. The molecule has 1 aromatic carbocycles.